The maximum absolute atomic E-state index is 12.7. The highest BCUT2D eigenvalue weighted by Gasteiger charge is 2.70. The Balaban J connectivity index is 1.49. The standard InChI is InChI=1S/C21H21NO4/c22-21(11-10-16-17(18(16)21)19(23)24)20(25)26-12-14-8-4-5-9-15(14)13-6-2-1-3-7-13/h1-9,16-18H,10-12,22H2,(H,23,24)/t16-,17-,18-,21-/m0/s1. The molecule has 0 bridgehead atoms. The molecule has 2 saturated carbocycles. The lowest BCUT2D eigenvalue weighted by molar-refractivity contribution is -0.152. The van der Waals surface area contributed by atoms with E-state index in [4.69, 9.17) is 10.5 Å². The first kappa shape index (κ1) is 16.8. The number of aliphatic carboxylic acids is 1. The minimum atomic E-state index is -1.17. The van der Waals surface area contributed by atoms with Crippen molar-refractivity contribution in [2.45, 2.75) is 25.0 Å². The Morgan fingerprint density at radius 2 is 1.81 bits per heavy atom. The topological polar surface area (TPSA) is 89.6 Å². The molecule has 0 aromatic heterocycles. The molecule has 2 aliphatic carbocycles. The maximum atomic E-state index is 12.7. The highest BCUT2D eigenvalue weighted by Crippen LogP contribution is 2.61. The number of nitrogens with two attached hydrogens (primary N) is 1. The van der Waals surface area contributed by atoms with Gasteiger partial charge in [-0.15, -0.1) is 0 Å². The van der Waals surface area contributed by atoms with Crippen LogP contribution in [0.4, 0.5) is 0 Å². The molecule has 5 nitrogen and oxygen atoms in total. The minimum Gasteiger partial charge on any atom is -0.481 e. The molecule has 5 heteroatoms. The number of esters is 1. The van der Waals surface area contributed by atoms with Gasteiger partial charge in [0.25, 0.3) is 0 Å². The quantitative estimate of drug-likeness (QED) is 0.809. The number of carboxylic acids is 1. The summed E-state index contributed by atoms with van der Waals surface area (Å²) in [4.78, 5) is 23.9. The van der Waals surface area contributed by atoms with Gasteiger partial charge < -0.3 is 15.6 Å². The maximum Gasteiger partial charge on any atom is 0.326 e. The number of carboxylic acid groups (broad SMARTS) is 1. The summed E-state index contributed by atoms with van der Waals surface area (Å²) in [6, 6.07) is 17.7. The first-order valence-electron chi connectivity index (χ1n) is 8.84. The van der Waals surface area contributed by atoms with Gasteiger partial charge in [-0.3, -0.25) is 9.59 Å². The average Bonchev–Trinajstić information content (AvgIpc) is 3.31. The summed E-state index contributed by atoms with van der Waals surface area (Å²) in [6.07, 6.45) is 1.17. The van der Waals surface area contributed by atoms with Crippen LogP contribution in [0, 0.1) is 17.8 Å². The minimum absolute atomic E-state index is 0.0154. The Hall–Kier alpha value is -2.66. The molecule has 3 N–H and O–H groups in total. The zero-order valence-electron chi connectivity index (χ0n) is 14.3. The van der Waals surface area contributed by atoms with Crippen molar-refractivity contribution in [3.05, 3.63) is 60.2 Å². The highest BCUT2D eigenvalue weighted by atomic mass is 16.5. The summed E-state index contributed by atoms with van der Waals surface area (Å²) in [5, 5.41) is 9.24. The van der Waals surface area contributed by atoms with E-state index in [1.54, 1.807) is 0 Å². The molecule has 134 valence electrons. The Labute approximate surface area is 151 Å². The van der Waals surface area contributed by atoms with Gasteiger partial charge in [0.15, 0.2) is 0 Å². The first-order chi connectivity index (χ1) is 12.5. The van der Waals surface area contributed by atoms with Gasteiger partial charge in [0, 0.05) is 5.92 Å². The van der Waals surface area contributed by atoms with E-state index in [0.717, 1.165) is 16.7 Å². The second kappa shape index (κ2) is 6.25. The number of benzene rings is 2. The SMILES string of the molecule is N[C@@]1(C(=O)OCc2ccccc2-c2ccccc2)CC[C@H]2[C@H](C(=O)O)[C@H]21. The summed E-state index contributed by atoms with van der Waals surface area (Å²) in [5.41, 5.74) is 8.08. The summed E-state index contributed by atoms with van der Waals surface area (Å²) in [5.74, 6) is -2.13. The Bertz CT molecular complexity index is 850. The third-order valence-corrected chi connectivity index (χ3v) is 5.78. The van der Waals surface area contributed by atoms with Gasteiger partial charge in [0.2, 0.25) is 0 Å². The average molecular weight is 351 g/mol. The molecule has 4 rings (SSSR count). The molecule has 2 aliphatic rings. The van der Waals surface area contributed by atoms with Crippen molar-refractivity contribution in [1.82, 2.24) is 0 Å². The Morgan fingerprint density at radius 3 is 2.50 bits per heavy atom. The van der Waals surface area contributed by atoms with Crippen molar-refractivity contribution in [1.29, 1.82) is 0 Å². The van der Waals surface area contributed by atoms with Crippen LogP contribution in [0.15, 0.2) is 54.6 Å². The van der Waals surface area contributed by atoms with Gasteiger partial charge in [-0.2, -0.15) is 0 Å². The molecule has 2 aromatic carbocycles. The molecular formula is C21H21NO4. The van der Waals surface area contributed by atoms with Crippen molar-refractivity contribution >= 4 is 11.9 Å². The number of hydrogen-bond donors (Lipinski definition) is 2. The molecule has 0 heterocycles. The van der Waals surface area contributed by atoms with Crippen LogP contribution in [0.3, 0.4) is 0 Å². The van der Waals surface area contributed by atoms with E-state index in [2.05, 4.69) is 0 Å². The van der Waals surface area contributed by atoms with E-state index in [9.17, 15) is 14.7 Å². The first-order valence-corrected chi connectivity index (χ1v) is 8.84. The largest absolute Gasteiger partial charge is 0.481 e. The molecule has 0 unspecified atom stereocenters. The van der Waals surface area contributed by atoms with Crippen LogP contribution in [0.2, 0.25) is 0 Å². The smallest absolute Gasteiger partial charge is 0.326 e. The lowest BCUT2D eigenvalue weighted by Gasteiger charge is -2.25. The van der Waals surface area contributed by atoms with E-state index in [1.165, 1.54) is 0 Å². The van der Waals surface area contributed by atoms with E-state index in [1.807, 2.05) is 54.6 Å². The fraction of sp³-hybridized carbons (Fsp3) is 0.333. The zero-order chi connectivity index (χ0) is 18.3. The predicted octanol–water partition coefficient (Wildman–Crippen LogP) is 2.83. The lowest BCUT2D eigenvalue weighted by Crippen LogP contribution is -2.50. The van der Waals surface area contributed by atoms with E-state index in [0.29, 0.717) is 12.8 Å². The van der Waals surface area contributed by atoms with Crippen LogP contribution in [-0.4, -0.2) is 22.6 Å². The lowest BCUT2D eigenvalue weighted by atomic mass is 9.91. The van der Waals surface area contributed by atoms with Gasteiger partial charge in [0.05, 0.1) is 5.92 Å². The molecular weight excluding hydrogens is 330 g/mol. The molecule has 0 saturated heterocycles. The second-order valence-corrected chi connectivity index (χ2v) is 7.23. The van der Waals surface area contributed by atoms with Crippen LogP contribution >= 0.6 is 0 Å². The van der Waals surface area contributed by atoms with Crippen LogP contribution in [0.5, 0.6) is 0 Å². The van der Waals surface area contributed by atoms with Crippen molar-refractivity contribution in [3.63, 3.8) is 0 Å². The van der Waals surface area contributed by atoms with Crippen molar-refractivity contribution in [2.24, 2.45) is 23.5 Å². The number of hydrogen-bond acceptors (Lipinski definition) is 4. The van der Waals surface area contributed by atoms with E-state index < -0.39 is 23.4 Å². The van der Waals surface area contributed by atoms with Crippen LogP contribution < -0.4 is 5.73 Å². The van der Waals surface area contributed by atoms with Crippen LogP contribution in [-0.2, 0) is 20.9 Å². The number of carbonyl (C=O) groups excluding carboxylic acids is 1. The molecule has 2 fully saturated rings. The monoisotopic (exact) mass is 351 g/mol. The summed E-state index contributed by atoms with van der Waals surface area (Å²) < 4.78 is 5.55. The summed E-state index contributed by atoms with van der Waals surface area (Å²) >= 11 is 0. The highest BCUT2D eigenvalue weighted by molar-refractivity contribution is 5.86. The van der Waals surface area contributed by atoms with Gasteiger partial charge in [-0.25, -0.2) is 0 Å². The van der Waals surface area contributed by atoms with Crippen LogP contribution in [0.25, 0.3) is 11.1 Å². The summed E-state index contributed by atoms with van der Waals surface area (Å²) in [6.45, 7) is 0.123. The van der Waals surface area contributed by atoms with Crippen molar-refractivity contribution < 1.29 is 19.4 Å². The van der Waals surface area contributed by atoms with Gasteiger partial charge in [0.1, 0.15) is 12.1 Å². The zero-order valence-corrected chi connectivity index (χ0v) is 14.3. The van der Waals surface area contributed by atoms with E-state index in [-0.39, 0.29) is 18.4 Å². The molecule has 0 radical (unpaired) electrons. The van der Waals surface area contributed by atoms with Crippen molar-refractivity contribution in [2.75, 3.05) is 0 Å². The molecule has 0 amide bonds. The number of carbonyl (C=O) groups is 2. The van der Waals surface area contributed by atoms with E-state index >= 15 is 0 Å². The van der Waals surface area contributed by atoms with Gasteiger partial charge in [-0.05, 0) is 35.4 Å². The molecule has 26 heavy (non-hydrogen) atoms. The number of fused-ring (bicyclic) bond motifs is 1. The third-order valence-electron chi connectivity index (χ3n) is 5.78. The van der Waals surface area contributed by atoms with Gasteiger partial charge in [-0.1, -0.05) is 54.6 Å². The molecule has 4 atom stereocenters. The Kier molecular flexibility index (Phi) is 4.04. The molecule has 0 aliphatic heterocycles. The third kappa shape index (κ3) is 2.69. The van der Waals surface area contributed by atoms with Crippen LogP contribution in [0.1, 0.15) is 18.4 Å². The number of rotatable bonds is 5. The molecule has 0 spiro atoms. The normalized spacial score (nSPS) is 29.0. The number of ether oxygens (including phenoxy) is 1. The second-order valence-electron chi connectivity index (χ2n) is 7.23. The fourth-order valence-electron chi connectivity index (χ4n) is 4.41. The Morgan fingerprint density at radius 1 is 1.12 bits per heavy atom. The molecule has 2 aromatic rings. The fourth-order valence-corrected chi connectivity index (χ4v) is 4.41. The predicted molar refractivity (Wildman–Crippen MR) is 95.9 cm³/mol. The summed E-state index contributed by atoms with van der Waals surface area (Å²) in [7, 11) is 0. The van der Waals surface area contributed by atoms with Gasteiger partial charge >= 0.3 is 11.9 Å². The van der Waals surface area contributed by atoms with Crippen molar-refractivity contribution in [3.8, 4) is 11.1 Å².